The van der Waals surface area contributed by atoms with Crippen molar-refractivity contribution in [2.75, 3.05) is 5.32 Å². The molecule has 2 N–H and O–H groups in total. The zero-order valence-electron chi connectivity index (χ0n) is 11.8. The van der Waals surface area contributed by atoms with Crippen molar-refractivity contribution in [3.63, 3.8) is 0 Å². The Morgan fingerprint density at radius 1 is 1.29 bits per heavy atom. The normalized spacial score (nSPS) is 22.9. The van der Waals surface area contributed by atoms with Gasteiger partial charge >= 0.3 is 0 Å². The van der Waals surface area contributed by atoms with Gasteiger partial charge in [-0.3, -0.25) is 4.79 Å². The fourth-order valence-electron chi connectivity index (χ4n) is 2.69. The van der Waals surface area contributed by atoms with Gasteiger partial charge in [0.05, 0.1) is 15.8 Å². The first-order valence-electron chi connectivity index (χ1n) is 7.09. The van der Waals surface area contributed by atoms with Crippen molar-refractivity contribution in [1.82, 2.24) is 4.72 Å². The Bertz CT molecular complexity index is 667. The van der Waals surface area contributed by atoms with Gasteiger partial charge < -0.3 is 5.32 Å². The van der Waals surface area contributed by atoms with Gasteiger partial charge in [-0.15, -0.1) is 11.8 Å². The van der Waals surface area contributed by atoms with Crippen LogP contribution in [0.25, 0.3) is 0 Å². The van der Waals surface area contributed by atoms with Gasteiger partial charge in [0.1, 0.15) is 0 Å². The van der Waals surface area contributed by atoms with Crippen LogP contribution in [-0.4, -0.2) is 25.6 Å². The number of rotatable bonds is 3. The standard InChI is InChI=1S/C14H18N2O3S2/c1-9-14(17)15-12-8-11(6-7-13(12)20-9)21(18,19)16-10-4-2-3-5-10/h6-10,16H,2-5H2,1H3,(H,15,17). The molecule has 1 heterocycles. The first-order chi connectivity index (χ1) is 9.95. The first-order valence-corrected chi connectivity index (χ1v) is 9.46. The first kappa shape index (κ1) is 14.9. The predicted octanol–water partition coefficient (Wildman–Crippen LogP) is 2.34. The van der Waals surface area contributed by atoms with Crippen LogP contribution in [0.1, 0.15) is 32.6 Å². The quantitative estimate of drug-likeness (QED) is 0.894. The van der Waals surface area contributed by atoms with Crippen molar-refractivity contribution < 1.29 is 13.2 Å². The Kier molecular flexibility index (Phi) is 3.98. The number of carbonyl (C=O) groups excluding carboxylic acids is 1. The summed E-state index contributed by atoms with van der Waals surface area (Å²) in [5, 5.41) is 2.61. The Balaban J connectivity index is 1.86. The number of benzene rings is 1. The molecule has 114 valence electrons. The fraction of sp³-hybridized carbons (Fsp3) is 0.500. The number of amides is 1. The molecule has 21 heavy (non-hydrogen) atoms. The highest BCUT2D eigenvalue weighted by Gasteiger charge is 2.27. The molecule has 1 aliphatic carbocycles. The van der Waals surface area contributed by atoms with E-state index in [4.69, 9.17) is 0 Å². The molecule has 0 spiro atoms. The van der Waals surface area contributed by atoms with Crippen LogP contribution in [0.15, 0.2) is 28.0 Å². The van der Waals surface area contributed by atoms with E-state index in [0.717, 1.165) is 30.6 Å². The number of thioether (sulfide) groups is 1. The van der Waals surface area contributed by atoms with E-state index >= 15 is 0 Å². The molecule has 1 aliphatic heterocycles. The molecule has 1 unspecified atom stereocenters. The third kappa shape index (κ3) is 3.09. The van der Waals surface area contributed by atoms with Gasteiger partial charge in [-0.2, -0.15) is 0 Å². The SMILES string of the molecule is CC1Sc2ccc(S(=O)(=O)NC3CCCC3)cc2NC1=O. The third-order valence-electron chi connectivity index (χ3n) is 3.87. The van der Waals surface area contributed by atoms with Gasteiger partial charge in [-0.25, -0.2) is 13.1 Å². The molecule has 5 nitrogen and oxygen atoms in total. The number of anilines is 1. The summed E-state index contributed by atoms with van der Waals surface area (Å²) in [7, 11) is -3.52. The van der Waals surface area contributed by atoms with Crippen LogP contribution < -0.4 is 10.0 Å². The zero-order valence-corrected chi connectivity index (χ0v) is 13.4. The van der Waals surface area contributed by atoms with E-state index in [2.05, 4.69) is 10.0 Å². The summed E-state index contributed by atoms with van der Waals surface area (Å²) in [5.74, 6) is -0.0919. The molecule has 1 amide bonds. The van der Waals surface area contributed by atoms with Crippen LogP contribution in [0.5, 0.6) is 0 Å². The fourth-order valence-corrected chi connectivity index (χ4v) is 4.95. The minimum absolute atomic E-state index is 0.0371. The molecule has 0 bridgehead atoms. The maximum atomic E-state index is 12.4. The average molecular weight is 326 g/mol. The summed E-state index contributed by atoms with van der Waals surface area (Å²) in [4.78, 5) is 12.8. The molecule has 1 atom stereocenters. The van der Waals surface area contributed by atoms with Crippen molar-refractivity contribution in [2.24, 2.45) is 0 Å². The van der Waals surface area contributed by atoms with Crippen LogP contribution in [0.3, 0.4) is 0 Å². The largest absolute Gasteiger partial charge is 0.324 e. The van der Waals surface area contributed by atoms with E-state index < -0.39 is 10.0 Å². The molecule has 2 aliphatic rings. The summed E-state index contributed by atoms with van der Waals surface area (Å²) in [6, 6.07) is 4.95. The lowest BCUT2D eigenvalue weighted by Crippen LogP contribution is -2.33. The maximum Gasteiger partial charge on any atom is 0.240 e. The van der Waals surface area contributed by atoms with Crippen molar-refractivity contribution in [3.8, 4) is 0 Å². The van der Waals surface area contributed by atoms with Crippen molar-refractivity contribution in [1.29, 1.82) is 0 Å². The van der Waals surface area contributed by atoms with Gasteiger partial charge in [0.15, 0.2) is 0 Å². The summed E-state index contributed by atoms with van der Waals surface area (Å²) >= 11 is 1.44. The number of fused-ring (bicyclic) bond motifs is 1. The number of carbonyl (C=O) groups is 1. The molecular weight excluding hydrogens is 308 g/mol. The van der Waals surface area contributed by atoms with Crippen molar-refractivity contribution >= 4 is 33.4 Å². The van der Waals surface area contributed by atoms with E-state index in [9.17, 15) is 13.2 Å². The zero-order chi connectivity index (χ0) is 15.0. The smallest absolute Gasteiger partial charge is 0.240 e. The number of nitrogens with one attached hydrogen (secondary N) is 2. The molecule has 0 aromatic heterocycles. The van der Waals surface area contributed by atoms with E-state index in [0.29, 0.717) is 5.69 Å². The highest BCUT2D eigenvalue weighted by atomic mass is 32.2. The average Bonchev–Trinajstić information content (AvgIpc) is 2.91. The molecule has 3 rings (SSSR count). The molecule has 1 aromatic carbocycles. The third-order valence-corrected chi connectivity index (χ3v) is 6.56. The summed E-state index contributed by atoms with van der Waals surface area (Å²) < 4.78 is 27.5. The molecule has 0 radical (unpaired) electrons. The van der Waals surface area contributed by atoms with Crippen LogP contribution in [0.4, 0.5) is 5.69 Å². The van der Waals surface area contributed by atoms with E-state index in [1.165, 1.54) is 11.8 Å². The van der Waals surface area contributed by atoms with E-state index in [1.807, 2.05) is 6.92 Å². The van der Waals surface area contributed by atoms with E-state index in [-0.39, 0.29) is 22.1 Å². The number of hydrogen-bond acceptors (Lipinski definition) is 4. The Morgan fingerprint density at radius 2 is 2.00 bits per heavy atom. The number of hydrogen-bond donors (Lipinski definition) is 2. The minimum atomic E-state index is -3.52. The monoisotopic (exact) mass is 326 g/mol. The van der Waals surface area contributed by atoms with Gasteiger partial charge in [-0.05, 0) is 38.0 Å². The van der Waals surface area contributed by atoms with Gasteiger partial charge in [-0.1, -0.05) is 12.8 Å². The Hall–Kier alpha value is -1.05. The minimum Gasteiger partial charge on any atom is -0.324 e. The molecular formula is C14H18N2O3S2. The van der Waals surface area contributed by atoms with Crippen LogP contribution in [0.2, 0.25) is 0 Å². The second kappa shape index (κ2) is 5.62. The second-order valence-corrected chi connectivity index (χ2v) is 8.61. The Morgan fingerprint density at radius 3 is 2.71 bits per heavy atom. The molecule has 1 fully saturated rings. The lowest BCUT2D eigenvalue weighted by Gasteiger charge is -2.22. The lowest BCUT2D eigenvalue weighted by molar-refractivity contribution is -0.115. The van der Waals surface area contributed by atoms with Crippen molar-refractivity contribution in [3.05, 3.63) is 18.2 Å². The predicted molar refractivity (Wildman–Crippen MR) is 83.0 cm³/mol. The van der Waals surface area contributed by atoms with Crippen LogP contribution >= 0.6 is 11.8 Å². The number of sulfonamides is 1. The highest BCUT2D eigenvalue weighted by Crippen LogP contribution is 2.36. The highest BCUT2D eigenvalue weighted by molar-refractivity contribution is 8.01. The maximum absolute atomic E-state index is 12.4. The van der Waals surface area contributed by atoms with Crippen molar-refractivity contribution in [2.45, 2.75) is 53.7 Å². The summed E-state index contributed by atoms with van der Waals surface area (Å²) in [5.41, 5.74) is 0.581. The van der Waals surface area contributed by atoms with Crippen LogP contribution in [-0.2, 0) is 14.8 Å². The van der Waals surface area contributed by atoms with Crippen LogP contribution in [0, 0.1) is 0 Å². The molecule has 1 saturated carbocycles. The summed E-state index contributed by atoms with van der Waals surface area (Å²) in [6.07, 6.45) is 3.94. The van der Waals surface area contributed by atoms with Gasteiger partial charge in [0.25, 0.3) is 0 Å². The summed E-state index contributed by atoms with van der Waals surface area (Å²) in [6.45, 7) is 1.83. The molecule has 7 heteroatoms. The molecule has 1 aromatic rings. The topological polar surface area (TPSA) is 75.3 Å². The molecule has 0 saturated heterocycles. The second-order valence-electron chi connectivity index (χ2n) is 5.51. The van der Waals surface area contributed by atoms with Gasteiger partial charge in [0.2, 0.25) is 15.9 Å². The Labute approximate surface area is 128 Å². The van der Waals surface area contributed by atoms with E-state index in [1.54, 1.807) is 18.2 Å². The van der Waals surface area contributed by atoms with Gasteiger partial charge in [0, 0.05) is 10.9 Å². The lowest BCUT2D eigenvalue weighted by atomic mass is 10.3.